The first-order valence-corrected chi connectivity index (χ1v) is 5.08. The molecule has 0 aromatic carbocycles. The molecule has 0 aromatic heterocycles. The van der Waals surface area contributed by atoms with Gasteiger partial charge in [-0.05, 0) is 6.42 Å². The van der Waals surface area contributed by atoms with E-state index in [4.69, 9.17) is 5.73 Å². The van der Waals surface area contributed by atoms with Crippen molar-refractivity contribution in [3.05, 3.63) is 0 Å². The molecule has 0 aliphatic carbocycles. The van der Waals surface area contributed by atoms with E-state index in [0.29, 0.717) is 24.6 Å². The van der Waals surface area contributed by atoms with Crippen molar-refractivity contribution in [2.45, 2.75) is 6.42 Å². The van der Waals surface area contributed by atoms with Gasteiger partial charge in [-0.3, -0.25) is 4.21 Å². The van der Waals surface area contributed by atoms with Gasteiger partial charge in [-0.1, -0.05) is 0 Å². The molecule has 1 atom stereocenters. The molecule has 4 nitrogen and oxygen atoms in total. The first-order valence-electron chi connectivity index (χ1n) is 3.59. The van der Waals surface area contributed by atoms with Crippen LogP contribution in [0.15, 0.2) is 0 Å². The molecule has 1 unspecified atom stereocenters. The SMILES string of the molecule is NC(=O)N1CCCS(=O)CC1. The summed E-state index contributed by atoms with van der Waals surface area (Å²) in [6, 6.07) is -0.399. The molecule has 64 valence electrons. The van der Waals surface area contributed by atoms with Gasteiger partial charge in [-0.2, -0.15) is 0 Å². The normalized spacial score (nSPS) is 26.2. The van der Waals surface area contributed by atoms with Gasteiger partial charge in [-0.25, -0.2) is 4.79 Å². The number of carbonyl (C=O) groups is 1. The molecule has 1 rings (SSSR count). The van der Waals surface area contributed by atoms with Crippen molar-refractivity contribution in [3.8, 4) is 0 Å². The number of primary amides is 1. The van der Waals surface area contributed by atoms with Crippen LogP contribution in [0.25, 0.3) is 0 Å². The molecule has 1 aliphatic rings. The summed E-state index contributed by atoms with van der Waals surface area (Å²) in [5.74, 6) is 1.27. The van der Waals surface area contributed by atoms with Crippen molar-refractivity contribution < 1.29 is 9.00 Å². The Bertz CT molecular complexity index is 183. The highest BCUT2D eigenvalue weighted by Gasteiger charge is 2.14. The molecule has 2 amide bonds. The maximum atomic E-state index is 11.0. The Hall–Kier alpha value is -0.580. The molecular weight excluding hydrogens is 164 g/mol. The Morgan fingerprint density at radius 2 is 2.09 bits per heavy atom. The Balaban J connectivity index is 2.46. The smallest absolute Gasteiger partial charge is 0.314 e. The van der Waals surface area contributed by atoms with E-state index in [9.17, 15) is 9.00 Å². The van der Waals surface area contributed by atoms with E-state index in [-0.39, 0.29) is 0 Å². The highest BCUT2D eigenvalue weighted by atomic mass is 32.2. The van der Waals surface area contributed by atoms with Gasteiger partial charge in [0.25, 0.3) is 0 Å². The summed E-state index contributed by atoms with van der Waals surface area (Å²) in [6.45, 7) is 1.20. The van der Waals surface area contributed by atoms with Crippen LogP contribution in [0.3, 0.4) is 0 Å². The predicted octanol–water partition coefficient (Wildman–Crippen LogP) is -0.481. The van der Waals surface area contributed by atoms with E-state index < -0.39 is 16.8 Å². The Labute approximate surface area is 68.2 Å². The second-order valence-electron chi connectivity index (χ2n) is 2.53. The van der Waals surface area contributed by atoms with Gasteiger partial charge < -0.3 is 10.6 Å². The van der Waals surface area contributed by atoms with Crippen molar-refractivity contribution in [1.82, 2.24) is 4.90 Å². The minimum absolute atomic E-state index is 0.399. The van der Waals surface area contributed by atoms with Crippen molar-refractivity contribution in [1.29, 1.82) is 0 Å². The second-order valence-corrected chi connectivity index (χ2v) is 4.22. The van der Waals surface area contributed by atoms with Gasteiger partial charge in [-0.15, -0.1) is 0 Å². The number of nitrogens with two attached hydrogens (primary N) is 1. The Kier molecular flexibility index (Phi) is 2.87. The van der Waals surface area contributed by atoms with Crippen molar-refractivity contribution in [2.75, 3.05) is 24.6 Å². The molecule has 1 aliphatic heterocycles. The summed E-state index contributed by atoms with van der Waals surface area (Å²) in [5, 5.41) is 0. The molecule has 1 heterocycles. The van der Waals surface area contributed by atoms with Crippen LogP contribution in [0.2, 0.25) is 0 Å². The quantitative estimate of drug-likeness (QED) is 0.542. The highest BCUT2D eigenvalue weighted by Crippen LogP contribution is 2.00. The fraction of sp³-hybridized carbons (Fsp3) is 0.833. The molecular formula is C6H12N2O2S. The van der Waals surface area contributed by atoms with Crippen molar-refractivity contribution in [2.24, 2.45) is 5.73 Å². The number of rotatable bonds is 0. The molecule has 1 saturated heterocycles. The van der Waals surface area contributed by atoms with E-state index in [1.807, 2.05) is 0 Å². The molecule has 0 radical (unpaired) electrons. The fourth-order valence-corrected chi connectivity index (χ4v) is 2.14. The first kappa shape index (κ1) is 8.52. The largest absolute Gasteiger partial charge is 0.351 e. The van der Waals surface area contributed by atoms with E-state index in [2.05, 4.69) is 0 Å². The molecule has 2 N–H and O–H groups in total. The summed E-state index contributed by atoms with van der Waals surface area (Å²) >= 11 is 0. The molecule has 0 spiro atoms. The van der Waals surface area contributed by atoms with Crippen molar-refractivity contribution >= 4 is 16.8 Å². The highest BCUT2D eigenvalue weighted by molar-refractivity contribution is 7.85. The molecule has 0 bridgehead atoms. The zero-order valence-electron chi connectivity index (χ0n) is 6.28. The number of nitrogens with zero attached hydrogens (tertiary/aromatic N) is 1. The van der Waals surface area contributed by atoms with Crippen LogP contribution in [0.1, 0.15) is 6.42 Å². The summed E-state index contributed by atoms with van der Waals surface area (Å²) < 4.78 is 11.0. The third-order valence-corrected chi connectivity index (χ3v) is 3.08. The van der Waals surface area contributed by atoms with Gasteiger partial charge >= 0.3 is 6.03 Å². The minimum Gasteiger partial charge on any atom is -0.351 e. The average molecular weight is 176 g/mol. The van der Waals surface area contributed by atoms with Gasteiger partial charge in [0, 0.05) is 35.4 Å². The second kappa shape index (κ2) is 3.71. The lowest BCUT2D eigenvalue weighted by Gasteiger charge is -2.15. The van der Waals surface area contributed by atoms with Gasteiger partial charge in [0.1, 0.15) is 0 Å². The lowest BCUT2D eigenvalue weighted by atomic mass is 10.4. The Morgan fingerprint density at radius 1 is 1.36 bits per heavy atom. The van der Waals surface area contributed by atoms with E-state index in [1.54, 1.807) is 4.90 Å². The third-order valence-electron chi connectivity index (χ3n) is 1.70. The molecule has 5 heteroatoms. The number of urea groups is 1. The predicted molar refractivity (Wildman–Crippen MR) is 43.6 cm³/mol. The zero-order chi connectivity index (χ0) is 8.27. The van der Waals surface area contributed by atoms with Crippen LogP contribution in [-0.2, 0) is 10.8 Å². The maximum Gasteiger partial charge on any atom is 0.314 e. The van der Waals surface area contributed by atoms with Crippen LogP contribution in [0.5, 0.6) is 0 Å². The van der Waals surface area contributed by atoms with E-state index >= 15 is 0 Å². The van der Waals surface area contributed by atoms with Crippen LogP contribution in [0, 0.1) is 0 Å². The number of carbonyl (C=O) groups excluding carboxylic acids is 1. The summed E-state index contributed by atoms with van der Waals surface area (Å²) in [7, 11) is -0.744. The molecule has 11 heavy (non-hydrogen) atoms. The molecule has 0 aromatic rings. The number of hydrogen-bond donors (Lipinski definition) is 1. The summed E-state index contributed by atoms with van der Waals surface area (Å²) in [4.78, 5) is 12.2. The monoisotopic (exact) mass is 176 g/mol. The summed E-state index contributed by atoms with van der Waals surface area (Å²) in [6.07, 6.45) is 0.801. The van der Waals surface area contributed by atoms with Crippen LogP contribution in [-0.4, -0.2) is 39.7 Å². The lowest BCUT2D eigenvalue weighted by molar-refractivity contribution is 0.211. The molecule has 1 fully saturated rings. The first-order chi connectivity index (χ1) is 5.20. The summed E-state index contributed by atoms with van der Waals surface area (Å²) in [5.41, 5.74) is 5.07. The van der Waals surface area contributed by atoms with Crippen LogP contribution < -0.4 is 5.73 Å². The van der Waals surface area contributed by atoms with Crippen molar-refractivity contribution in [3.63, 3.8) is 0 Å². The van der Waals surface area contributed by atoms with E-state index in [1.165, 1.54) is 0 Å². The average Bonchev–Trinajstić information content (AvgIpc) is 2.13. The maximum absolute atomic E-state index is 11.0. The Morgan fingerprint density at radius 3 is 2.73 bits per heavy atom. The fourth-order valence-electron chi connectivity index (χ4n) is 1.06. The number of amides is 2. The minimum atomic E-state index is -0.744. The van der Waals surface area contributed by atoms with E-state index in [0.717, 1.165) is 6.42 Å². The third kappa shape index (κ3) is 2.49. The lowest BCUT2D eigenvalue weighted by Crippen LogP contribution is -2.37. The molecule has 0 saturated carbocycles. The van der Waals surface area contributed by atoms with Crippen LogP contribution in [0.4, 0.5) is 4.79 Å². The zero-order valence-corrected chi connectivity index (χ0v) is 7.10. The number of hydrogen-bond acceptors (Lipinski definition) is 2. The standard InChI is InChI=1S/C6H12N2O2S/c7-6(9)8-2-1-4-11(10)5-3-8/h1-5H2,(H2,7,9). The van der Waals surface area contributed by atoms with Gasteiger partial charge in [0.2, 0.25) is 0 Å². The van der Waals surface area contributed by atoms with Crippen LogP contribution >= 0.6 is 0 Å². The van der Waals surface area contributed by atoms with Gasteiger partial charge in [0.05, 0.1) is 0 Å². The van der Waals surface area contributed by atoms with Gasteiger partial charge in [0.15, 0.2) is 0 Å². The topological polar surface area (TPSA) is 63.4 Å².